The molecule has 1 amide bonds. The fourth-order valence-electron chi connectivity index (χ4n) is 3.30. The molecule has 1 aromatic rings. The number of hydrogen-bond donors (Lipinski definition) is 2. The zero-order valence-corrected chi connectivity index (χ0v) is 20.6. The number of carbonyl (C=O) groups is 1. The average Bonchev–Trinajstić information content (AvgIpc) is 3.15. The van der Waals surface area contributed by atoms with Gasteiger partial charge in [0.15, 0.2) is 5.96 Å². The van der Waals surface area contributed by atoms with Gasteiger partial charge in [0.25, 0.3) is 0 Å². The Morgan fingerprint density at radius 3 is 2.66 bits per heavy atom. The highest BCUT2D eigenvalue weighted by Gasteiger charge is 2.27. The SMILES string of the molecule is CCCOCc1ccccc1CN=C(NCC)NC1CCN(C(=O)C(C)C)C1.I. The Balaban J connectivity index is 0.00000420. The van der Waals surface area contributed by atoms with Crippen molar-refractivity contribution in [2.45, 2.75) is 59.7 Å². The Morgan fingerprint density at radius 2 is 2.00 bits per heavy atom. The number of nitrogens with zero attached hydrogens (tertiary/aromatic N) is 2. The molecule has 0 bridgehead atoms. The Morgan fingerprint density at radius 1 is 1.28 bits per heavy atom. The molecule has 0 saturated carbocycles. The molecule has 1 aromatic carbocycles. The van der Waals surface area contributed by atoms with Crippen LogP contribution in [0.3, 0.4) is 0 Å². The summed E-state index contributed by atoms with van der Waals surface area (Å²) < 4.78 is 5.71. The van der Waals surface area contributed by atoms with Gasteiger partial charge in [0.05, 0.1) is 13.2 Å². The summed E-state index contributed by atoms with van der Waals surface area (Å²) in [7, 11) is 0. The molecule has 164 valence electrons. The van der Waals surface area contributed by atoms with Crippen LogP contribution in [0, 0.1) is 5.92 Å². The number of guanidine groups is 1. The smallest absolute Gasteiger partial charge is 0.225 e. The number of rotatable bonds is 9. The third-order valence-corrected chi connectivity index (χ3v) is 4.81. The molecule has 1 heterocycles. The van der Waals surface area contributed by atoms with Crippen LogP contribution in [0.5, 0.6) is 0 Å². The molecular weight excluding hydrogens is 479 g/mol. The quantitative estimate of drug-likeness (QED) is 0.228. The van der Waals surface area contributed by atoms with Gasteiger partial charge in [0.2, 0.25) is 5.91 Å². The summed E-state index contributed by atoms with van der Waals surface area (Å²) >= 11 is 0. The number of benzene rings is 1. The van der Waals surface area contributed by atoms with Crippen molar-refractivity contribution in [3.05, 3.63) is 35.4 Å². The van der Waals surface area contributed by atoms with Crippen LogP contribution in [0.2, 0.25) is 0 Å². The van der Waals surface area contributed by atoms with Crippen molar-refractivity contribution in [3.63, 3.8) is 0 Å². The first-order valence-electron chi connectivity index (χ1n) is 10.5. The molecular formula is C22H37IN4O2. The zero-order chi connectivity index (χ0) is 20.4. The van der Waals surface area contributed by atoms with E-state index in [2.05, 4.69) is 36.6 Å². The summed E-state index contributed by atoms with van der Waals surface area (Å²) in [5.41, 5.74) is 2.36. The predicted molar refractivity (Wildman–Crippen MR) is 130 cm³/mol. The predicted octanol–water partition coefficient (Wildman–Crippen LogP) is 3.54. The van der Waals surface area contributed by atoms with Crippen molar-refractivity contribution in [1.29, 1.82) is 0 Å². The third-order valence-electron chi connectivity index (χ3n) is 4.81. The minimum atomic E-state index is 0. The molecule has 2 rings (SSSR count). The normalized spacial score (nSPS) is 16.7. The summed E-state index contributed by atoms with van der Waals surface area (Å²) in [6.45, 7) is 12.4. The maximum Gasteiger partial charge on any atom is 0.225 e. The molecule has 1 atom stereocenters. The van der Waals surface area contributed by atoms with Gasteiger partial charge in [-0.15, -0.1) is 24.0 Å². The summed E-state index contributed by atoms with van der Waals surface area (Å²) in [6, 6.07) is 8.54. The van der Waals surface area contributed by atoms with E-state index >= 15 is 0 Å². The Hall–Kier alpha value is -1.35. The number of ether oxygens (including phenoxy) is 1. The number of carbonyl (C=O) groups excluding carboxylic acids is 1. The van der Waals surface area contributed by atoms with Crippen molar-refractivity contribution in [3.8, 4) is 0 Å². The monoisotopic (exact) mass is 516 g/mol. The van der Waals surface area contributed by atoms with Crippen LogP contribution < -0.4 is 10.6 Å². The second-order valence-corrected chi connectivity index (χ2v) is 7.59. The van der Waals surface area contributed by atoms with Crippen molar-refractivity contribution >= 4 is 35.8 Å². The number of halogens is 1. The second kappa shape index (κ2) is 13.8. The molecule has 2 N–H and O–H groups in total. The van der Waals surface area contributed by atoms with Crippen LogP contribution in [-0.2, 0) is 22.7 Å². The van der Waals surface area contributed by atoms with Gasteiger partial charge in [-0.2, -0.15) is 0 Å². The van der Waals surface area contributed by atoms with E-state index in [9.17, 15) is 4.79 Å². The van der Waals surface area contributed by atoms with Crippen LogP contribution in [0.15, 0.2) is 29.3 Å². The van der Waals surface area contributed by atoms with Crippen LogP contribution in [-0.4, -0.2) is 49.0 Å². The summed E-state index contributed by atoms with van der Waals surface area (Å²) in [5, 5.41) is 6.82. The largest absolute Gasteiger partial charge is 0.377 e. The highest BCUT2D eigenvalue weighted by Crippen LogP contribution is 2.14. The van der Waals surface area contributed by atoms with Gasteiger partial charge in [-0.05, 0) is 30.9 Å². The van der Waals surface area contributed by atoms with Crippen LogP contribution >= 0.6 is 24.0 Å². The fraction of sp³-hybridized carbons (Fsp3) is 0.636. The Labute approximate surface area is 192 Å². The fourth-order valence-corrected chi connectivity index (χ4v) is 3.30. The van der Waals surface area contributed by atoms with E-state index in [0.29, 0.717) is 13.2 Å². The lowest BCUT2D eigenvalue weighted by molar-refractivity contribution is -0.133. The molecule has 1 saturated heterocycles. The standard InChI is InChI=1S/C22H36N4O2.HI/c1-5-13-28-16-19-10-8-7-9-18(19)14-24-22(23-6-2)25-20-11-12-26(15-20)21(27)17(3)4;/h7-10,17,20H,5-6,11-16H2,1-4H3,(H2,23,24,25);1H. The van der Waals surface area contributed by atoms with E-state index in [0.717, 1.165) is 45.0 Å². The van der Waals surface area contributed by atoms with Crippen LogP contribution in [0.1, 0.15) is 51.7 Å². The van der Waals surface area contributed by atoms with E-state index < -0.39 is 0 Å². The molecule has 7 heteroatoms. The highest BCUT2D eigenvalue weighted by atomic mass is 127. The van der Waals surface area contributed by atoms with Crippen LogP contribution in [0.25, 0.3) is 0 Å². The molecule has 0 spiro atoms. The van der Waals surface area contributed by atoms with Crippen molar-refractivity contribution in [1.82, 2.24) is 15.5 Å². The van der Waals surface area contributed by atoms with Gasteiger partial charge in [0.1, 0.15) is 0 Å². The Bertz CT molecular complexity index is 651. The minimum Gasteiger partial charge on any atom is -0.377 e. The molecule has 29 heavy (non-hydrogen) atoms. The Kier molecular flexibility index (Phi) is 12.2. The van der Waals surface area contributed by atoms with Gasteiger partial charge in [-0.1, -0.05) is 45.0 Å². The lowest BCUT2D eigenvalue weighted by Gasteiger charge is -2.20. The molecule has 1 aliphatic heterocycles. The summed E-state index contributed by atoms with van der Waals surface area (Å²) in [6.07, 6.45) is 1.97. The van der Waals surface area contributed by atoms with Gasteiger partial charge in [0, 0.05) is 38.2 Å². The number of aliphatic imine (C=N–C) groups is 1. The molecule has 1 unspecified atom stereocenters. The van der Waals surface area contributed by atoms with Gasteiger partial charge in [-0.25, -0.2) is 4.99 Å². The van der Waals surface area contributed by atoms with E-state index in [4.69, 9.17) is 9.73 Å². The van der Waals surface area contributed by atoms with Crippen molar-refractivity contribution in [2.24, 2.45) is 10.9 Å². The first-order chi connectivity index (χ1) is 13.5. The number of nitrogens with one attached hydrogen (secondary N) is 2. The highest BCUT2D eigenvalue weighted by molar-refractivity contribution is 14.0. The lowest BCUT2D eigenvalue weighted by Crippen LogP contribution is -2.45. The van der Waals surface area contributed by atoms with E-state index in [1.54, 1.807) is 0 Å². The molecule has 1 aliphatic rings. The first-order valence-corrected chi connectivity index (χ1v) is 10.5. The molecule has 1 fully saturated rings. The molecule has 0 aromatic heterocycles. The van der Waals surface area contributed by atoms with Crippen molar-refractivity contribution < 1.29 is 9.53 Å². The average molecular weight is 516 g/mol. The summed E-state index contributed by atoms with van der Waals surface area (Å²) in [5.74, 6) is 1.08. The molecule has 0 radical (unpaired) electrons. The van der Waals surface area contributed by atoms with Gasteiger partial charge in [-0.3, -0.25) is 4.79 Å². The first kappa shape index (κ1) is 25.7. The minimum absolute atomic E-state index is 0. The number of hydrogen-bond acceptors (Lipinski definition) is 3. The summed E-state index contributed by atoms with van der Waals surface area (Å²) in [4.78, 5) is 18.9. The number of amides is 1. The van der Waals surface area contributed by atoms with Gasteiger partial charge >= 0.3 is 0 Å². The van der Waals surface area contributed by atoms with Crippen LogP contribution in [0.4, 0.5) is 0 Å². The zero-order valence-electron chi connectivity index (χ0n) is 18.2. The maximum atomic E-state index is 12.2. The van der Waals surface area contributed by atoms with Crippen molar-refractivity contribution in [2.75, 3.05) is 26.2 Å². The number of likely N-dealkylation sites (tertiary alicyclic amines) is 1. The van der Waals surface area contributed by atoms with E-state index in [1.165, 1.54) is 11.1 Å². The molecule has 6 nitrogen and oxygen atoms in total. The topological polar surface area (TPSA) is 66.0 Å². The van der Waals surface area contributed by atoms with Gasteiger partial charge < -0.3 is 20.3 Å². The third kappa shape index (κ3) is 8.50. The van der Waals surface area contributed by atoms with E-state index in [1.807, 2.05) is 30.9 Å². The lowest BCUT2D eigenvalue weighted by atomic mass is 10.1. The van der Waals surface area contributed by atoms with E-state index in [-0.39, 0.29) is 41.8 Å². The molecule has 0 aliphatic carbocycles. The maximum absolute atomic E-state index is 12.2. The second-order valence-electron chi connectivity index (χ2n) is 7.59.